The van der Waals surface area contributed by atoms with Gasteiger partial charge in [0.2, 0.25) is 0 Å². The molecule has 5 heteroatoms. The largest absolute Gasteiger partial charge is 0.487 e. The van der Waals surface area contributed by atoms with E-state index in [1.165, 1.54) is 11.1 Å². The Morgan fingerprint density at radius 3 is 1.83 bits per heavy atom. The summed E-state index contributed by atoms with van der Waals surface area (Å²) in [6.07, 6.45) is 9.10. The zero-order valence-electron chi connectivity index (χ0n) is 21.7. The van der Waals surface area contributed by atoms with Gasteiger partial charge >= 0.3 is 0 Å². The summed E-state index contributed by atoms with van der Waals surface area (Å²) in [6, 6.07) is 18.0. The fraction of sp³-hybridized carbons (Fsp3) is 0.367. The molecule has 0 aliphatic rings. The van der Waals surface area contributed by atoms with Gasteiger partial charge in [-0.1, -0.05) is 53.5 Å². The first-order chi connectivity index (χ1) is 16.5. The van der Waals surface area contributed by atoms with Gasteiger partial charge in [0.15, 0.2) is 18.9 Å². The summed E-state index contributed by atoms with van der Waals surface area (Å²) in [5.41, 5.74) is 4.26. The van der Waals surface area contributed by atoms with Gasteiger partial charge in [0.1, 0.15) is 24.7 Å². The first kappa shape index (κ1) is 26.0. The van der Waals surface area contributed by atoms with Crippen molar-refractivity contribution in [2.45, 2.75) is 58.9 Å². The second-order valence-corrected chi connectivity index (χ2v) is 10.6. The van der Waals surface area contributed by atoms with E-state index in [0.717, 1.165) is 29.4 Å². The first-order valence-electron chi connectivity index (χ1n) is 11.9. The molecule has 0 saturated carbocycles. The number of hydrogen-bond acceptors (Lipinski definition) is 4. The van der Waals surface area contributed by atoms with Crippen LogP contribution in [-0.2, 0) is 17.4 Å². The van der Waals surface area contributed by atoms with Gasteiger partial charge < -0.3 is 9.47 Å². The molecule has 0 N–H and O–H groups in total. The number of benzene rings is 2. The summed E-state index contributed by atoms with van der Waals surface area (Å²) < 4.78 is 13.3. The van der Waals surface area contributed by atoms with E-state index >= 15 is 0 Å². The topological polar surface area (TPSA) is 47.1 Å². The lowest BCUT2D eigenvalue weighted by atomic mass is 9.80. The van der Waals surface area contributed by atoms with E-state index in [4.69, 9.17) is 15.9 Å². The van der Waals surface area contributed by atoms with Crippen molar-refractivity contribution in [1.29, 1.82) is 0 Å². The fourth-order valence-corrected chi connectivity index (χ4v) is 3.34. The molecular formula is C30H36N3O2+. The van der Waals surface area contributed by atoms with Gasteiger partial charge in [-0.05, 0) is 58.4 Å². The Hall–Kier alpha value is -3.65. The minimum absolute atomic E-state index is 0.0422. The molecule has 0 fully saturated rings. The third-order valence-corrected chi connectivity index (χ3v) is 5.57. The summed E-state index contributed by atoms with van der Waals surface area (Å²) in [5, 5.41) is 9.00. The van der Waals surface area contributed by atoms with Crippen LogP contribution in [0.3, 0.4) is 0 Å². The Bertz CT molecular complexity index is 1140. The van der Waals surface area contributed by atoms with Crippen molar-refractivity contribution >= 4 is 11.4 Å². The number of aromatic nitrogens is 1. The van der Waals surface area contributed by atoms with Crippen LogP contribution in [-0.4, -0.2) is 13.2 Å². The normalized spacial score (nSPS) is 11.9. The van der Waals surface area contributed by atoms with E-state index in [1.807, 2.05) is 53.4 Å². The van der Waals surface area contributed by atoms with Crippen LogP contribution in [0.5, 0.6) is 11.5 Å². The minimum Gasteiger partial charge on any atom is -0.487 e. The van der Waals surface area contributed by atoms with Crippen molar-refractivity contribution < 1.29 is 14.0 Å². The Labute approximate surface area is 209 Å². The lowest BCUT2D eigenvalue weighted by molar-refractivity contribution is -0.697. The lowest BCUT2D eigenvalue weighted by Crippen LogP contribution is -2.35. The average molecular weight is 471 g/mol. The SMILES string of the molecule is C#CCOc1cc[n+](CCOc2ccc(N=Nc3cc(C(C)(C)C)cc(C(C)(C)C)c3)cc2)cc1. The van der Waals surface area contributed by atoms with Gasteiger partial charge in [-0.15, -0.1) is 6.42 Å². The van der Waals surface area contributed by atoms with E-state index in [9.17, 15) is 0 Å². The van der Waals surface area contributed by atoms with Gasteiger partial charge in [-0.3, -0.25) is 0 Å². The predicted molar refractivity (Wildman–Crippen MR) is 141 cm³/mol. The number of hydrogen-bond donors (Lipinski definition) is 0. The number of terminal acetylenes is 1. The van der Waals surface area contributed by atoms with Gasteiger partial charge in [0.05, 0.1) is 11.4 Å². The molecule has 0 bridgehead atoms. The molecule has 182 valence electrons. The minimum atomic E-state index is 0.0422. The lowest BCUT2D eigenvalue weighted by Gasteiger charge is -2.25. The van der Waals surface area contributed by atoms with Crippen molar-refractivity contribution in [1.82, 2.24) is 0 Å². The second kappa shape index (κ2) is 11.2. The smallest absolute Gasteiger partial charge is 0.182 e. The van der Waals surface area contributed by atoms with Crippen molar-refractivity contribution in [2.75, 3.05) is 13.2 Å². The number of nitrogens with zero attached hydrogens (tertiary/aromatic N) is 3. The third kappa shape index (κ3) is 7.96. The Morgan fingerprint density at radius 2 is 1.29 bits per heavy atom. The van der Waals surface area contributed by atoms with E-state index < -0.39 is 0 Å². The Morgan fingerprint density at radius 1 is 0.743 bits per heavy atom. The summed E-state index contributed by atoms with van der Waals surface area (Å²) >= 11 is 0. The molecule has 2 aromatic carbocycles. The molecule has 0 unspecified atom stereocenters. The number of pyridine rings is 1. The molecule has 35 heavy (non-hydrogen) atoms. The van der Waals surface area contributed by atoms with Crippen molar-refractivity contribution in [2.24, 2.45) is 10.2 Å². The highest BCUT2D eigenvalue weighted by atomic mass is 16.5. The highest BCUT2D eigenvalue weighted by Crippen LogP contribution is 2.33. The monoisotopic (exact) mass is 470 g/mol. The summed E-state index contributed by atoms with van der Waals surface area (Å²) in [5.74, 6) is 4.01. The fourth-order valence-electron chi connectivity index (χ4n) is 3.34. The quantitative estimate of drug-likeness (QED) is 0.201. The van der Waals surface area contributed by atoms with Crippen molar-refractivity contribution in [3.8, 4) is 23.8 Å². The van der Waals surface area contributed by atoms with E-state index in [-0.39, 0.29) is 17.4 Å². The van der Waals surface area contributed by atoms with Crippen LogP contribution in [0.1, 0.15) is 52.7 Å². The van der Waals surface area contributed by atoms with Crippen LogP contribution < -0.4 is 14.0 Å². The third-order valence-electron chi connectivity index (χ3n) is 5.57. The Balaban J connectivity index is 1.60. The Kier molecular flexibility index (Phi) is 8.30. The molecule has 5 nitrogen and oxygen atoms in total. The maximum Gasteiger partial charge on any atom is 0.182 e. The van der Waals surface area contributed by atoms with Crippen LogP contribution in [0.2, 0.25) is 0 Å². The van der Waals surface area contributed by atoms with Crippen LogP contribution in [0.15, 0.2) is 77.2 Å². The molecule has 0 radical (unpaired) electrons. The van der Waals surface area contributed by atoms with Gasteiger partial charge in [0, 0.05) is 12.1 Å². The van der Waals surface area contributed by atoms with Crippen molar-refractivity contribution in [3.63, 3.8) is 0 Å². The molecule has 0 atom stereocenters. The molecule has 0 amide bonds. The number of ether oxygens (including phenoxy) is 2. The summed E-state index contributed by atoms with van der Waals surface area (Å²) in [6.45, 7) is 14.9. The highest BCUT2D eigenvalue weighted by molar-refractivity contribution is 5.49. The molecule has 1 aromatic heterocycles. The van der Waals surface area contributed by atoms with Crippen LogP contribution in [0.4, 0.5) is 11.4 Å². The van der Waals surface area contributed by atoms with Crippen molar-refractivity contribution in [3.05, 3.63) is 78.1 Å². The summed E-state index contributed by atoms with van der Waals surface area (Å²) in [7, 11) is 0. The number of azo groups is 1. The van der Waals surface area contributed by atoms with E-state index in [1.54, 1.807) is 0 Å². The molecule has 3 rings (SSSR count). The van der Waals surface area contributed by atoms with E-state index in [0.29, 0.717) is 6.61 Å². The second-order valence-electron chi connectivity index (χ2n) is 10.6. The molecule has 0 aliphatic heterocycles. The first-order valence-corrected chi connectivity index (χ1v) is 11.9. The zero-order valence-corrected chi connectivity index (χ0v) is 21.7. The molecular weight excluding hydrogens is 434 g/mol. The standard InChI is InChI=1S/C30H36N3O2/c1-8-18-34-28-13-15-33(16-14-28)17-19-35-27-11-9-25(10-12-27)31-32-26-21-23(29(2,3)4)20-24(22-26)30(5,6)7/h1,9-16,20-22H,17-19H2,2-7H3/q+1. The van der Waals surface area contributed by atoms with E-state index in [2.05, 4.69) is 75.9 Å². The molecule has 3 aromatic rings. The summed E-state index contributed by atoms with van der Waals surface area (Å²) in [4.78, 5) is 0. The van der Waals surface area contributed by atoms with Crippen LogP contribution in [0, 0.1) is 12.3 Å². The molecule has 0 aliphatic carbocycles. The average Bonchev–Trinajstić information content (AvgIpc) is 2.82. The molecule has 0 saturated heterocycles. The van der Waals surface area contributed by atoms with Crippen LogP contribution >= 0.6 is 0 Å². The van der Waals surface area contributed by atoms with Gasteiger partial charge in [-0.2, -0.15) is 10.2 Å². The van der Waals surface area contributed by atoms with Crippen LogP contribution in [0.25, 0.3) is 0 Å². The molecule has 0 spiro atoms. The molecule has 1 heterocycles. The highest BCUT2D eigenvalue weighted by Gasteiger charge is 2.20. The zero-order chi connectivity index (χ0) is 25.5. The van der Waals surface area contributed by atoms with Gasteiger partial charge in [0.25, 0.3) is 0 Å². The maximum absolute atomic E-state index is 5.88. The predicted octanol–water partition coefficient (Wildman–Crippen LogP) is 7.08. The maximum atomic E-state index is 5.88. The van der Waals surface area contributed by atoms with Gasteiger partial charge in [-0.25, -0.2) is 4.57 Å². The number of rotatable bonds is 8.